The smallest absolute Gasteiger partial charge is 0.306 e. The second-order valence-electron chi connectivity index (χ2n) is 7.79. The van der Waals surface area contributed by atoms with E-state index < -0.39 is 5.97 Å². The first kappa shape index (κ1) is 19.0. The van der Waals surface area contributed by atoms with Gasteiger partial charge in [-0.25, -0.2) is 0 Å². The number of aliphatic carboxylic acids is 1. The lowest BCUT2D eigenvalue weighted by atomic mass is 9.78. The first-order valence-corrected chi connectivity index (χ1v) is 9.91. The molecule has 0 saturated heterocycles. The van der Waals surface area contributed by atoms with Crippen LogP contribution >= 0.6 is 0 Å². The zero-order valence-electron chi connectivity index (χ0n) is 15.5. The maximum absolute atomic E-state index is 11.1. The summed E-state index contributed by atoms with van der Waals surface area (Å²) in [5.41, 5.74) is 2.85. The van der Waals surface area contributed by atoms with Crippen LogP contribution < -0.4 is 0 Å². The normalized spacial score (nSPS) is 22.2. The van der Waals surface area contributed by atoms with Gasteiger partial charge in [-0.05, 0) is 55.1 Å². The van der Waals surface area contributed by atoms with E-state index >= 15 is 0 Å². The number of unbranched alkanes of at least 4 members (excludes halogenated alkanes) is 3. The van der Waals surface area contributed by atoms with E-state index in [1.807, 2.05) is 0 Å². The number of hydrogen-bond donors (Lipinski definition) is 1. The van der Waals surface area contributed by atoms with E-state index in [1.54, 1.807) is 0 Å². The maximum atomic E-state index is 11.1. The van der Waals surface area contributed by atoms with Crippen molar-refractivity contribution in [3.8, 4) is 0 Å². The number of carboxylic acids is 1. The average Bonchev–Trinajstić information content (AvgIpc) is 2.59. The SMILES string of the molecule is CCCCCC[C@H](C)Cc1ccc(C2CCC(C(=O)O)CC2)cc1. The Morgan fingerprint density at radius 2 is 1.75 bits per heavy atom. The van der Waals surface area contributed by atoms with Crippen LogP contribution in [-0.2, 0) is 11.2 Å². The second kappa shape index (κ2) is 9.86. The molecule has 2 rings (SSSR count). The first-order chi connectivity index (χ1) is 11.6. The highest BCUT2D eigenvalue weighted by atomic mass is 16.4. The molecular formula is C22H34O2. The van der Waals surface area contributed by atoms with Crippen molar-refractivity contribution in [3.05, 3.63) is 35.4 Å². The highest BCUT2D eigenvalue weighted by molar-refractivity contribution is 5.70. The Bertz CT molecular complexity index is 483. The van der Waals surface area contributed by atoms with Gasteiger partial charge in [-0.1, -0.05) is 70.2 Å². The zero-order valence-corrected chi connectivity index (χ0v) is 15.5. The Morgan fingerprint density at radius 3 is 2.33 bits per heavy atom. The molecule has 1 saturated carbocycles. The Balaban J connectivity index is 1.77. The lowest BCUT2D eigenvalue weighted by Gasteiger charge is -2.26. The van der Waals surface area contributed by atoms with Crippen molar-refractivity contribution in [1.29, 1.82) is 0 Å². The molecule has 0 heterocycles. The van der Waals surface area contributed by atoms with Crippen LogP contribution in [0.1, 0.15) is 88.7 Å². The Hall–Kier alpha value is -1.31. The van der Waals surface area contributed by atoms with Crippen LogP contribution in [0.25, 0.3) is 0 Å². The molecule has 2 nitrogen and oxygen atoms in total. The predicted molar refractivity (Wildman–Crippen MR) is 100 cm³/mol. The Labute approximate surface area is 147 Å². The van der Waals surface area contributed by atoms with Gasteiger partial charge in [0.1, 0.15) is 0 Å². The van der Waals surface area contributed by atoms with E-state index in [0.29, 0.717) is 5.92 Å². The minimum Gasteiger partial charge on any atom is -0.481 e. The number of benzene rings is 1. The summed E-state index contributed by atoms with van der Waals surface area (Å²) in [4.78, 5) is 11.1. The highest BCUT2D eigenvalue weighted by Gasteiger charge is 2.26. The molecule has 0 amide bonds. The largest absolute Gasteiger partial charge is 0.481 e. The van der Waals surface area contributed by atoms with Crippen LogP contribution in [0.15, 0.2) is 24.3 Å². The van der Waals surface area contributed by atoms with Gasteiger partial charge in [0.15, 0.2) is 0 Å². The van der Waals surface area contributed by atoms with Crippen LogP contribution in [0.3, 0.4) is 0 Å². The lowest BCUT2D eigenvalue weighted by molar-refractivity contribution is -0.142. The fourth-order valence-electron chi connectivity index (χ4n) is 4.02. The van der Waals surface area contributed by atoms with Crippen molar-refractivity contribution in [1.82, 2.24) is 0 Å². The molecule has 1 aromatic rings. The highest BCUT2D eigenvalue weighted by Crippen LogP contribution is 2.36. The summed E-state index contributed by atoms with van der Waals surface area (Å²) < 4.78 is 0. The van der Waals surface area contributed by atoms with Crippen molar-refractivity contribution in [2.24, 2.45) is 11.8 Å². The number of carbonyl (C=O) groups is 1. The molecule has 1 N–H and O–H groups in total. The van der Waals surface area contributed by atoms with Crippen molar-refractivity contribution in [3.63, 3.8) is 0 Å². The molecule has 1 aliphatic carbocycles. The fraction of sp³-hybridized carbons (Fsp3) is 0.682. The molecule has 0 unspecified atom stereocenters. The molecule has 0 aliphatic heterocycles. The Kier molecular flexibility index (Phi) is 7.81. The van der Waals surface area contributed by atoms with Crippen molar-refractivity contribution in [2.75, 3.05) is 0 Å². The molecule has 1 aliphatic rings. The van der Waals surface area contributed by atoms with Gasteiger partial charge in [0.2, 0.25) is 0 Å². The maximum Gasteiger partial charge on any atom is 0.306 e. The molecule has 0 bridgehead atoms. The summed E-state index contributed by atoms with van der Waals surface area (Å²) >= 11 is 0. The third-order valence-electron chi connectivity index (χ3n) is 5.66. The quantitative estimate of drug-likeness (QED) is 0.548. The van der Waals surface area contributed by atoms with Gasteiger partial charge < -0.3 is 5.11 Å². The summed E-state index contributed by atoms with van der Waals surface area (Å²) in [5, 5.41) is 9.11. The average molecular weight is 331 g/mol. The minimum absolute atomic E-state index is 0.117. The topological polar surface area (TPSA) is 37.3 Å². The summed E-state index contributed by atoms with van der Waals surface area (Å²) in [7, 11) is 0. The Morgan fingerprint density at radius 1 is 1.08 bits per heavy atom. The molecule has 0 spiro atoms. The van der Waals surface area contributed by atoms with Gasteiger partial charge in [0.25, 0.3) is 0 Å². The van der Waals surface area contributed by atoms with E-state index in [1.165, 1.54) is 49.7 Å². The second-order valence-corrected chi connectivity index (χ2v) is 7.79. The first-order valence-electron chi connectivity index (χ1n) is 9.91. The molecule has 2 heteroatoms. The van der Waals surface area contributed by atoms with Crippen molar-refractivity contribution >= 4 is 5.97 Å². The van der Waals surface area contributed by atoms with Gasteiger partial charge in [0.05, 0.1) is 5.92 Å². The minimum atomic E-state index is -0.614. The lowest BCUT2D eigenvalue weighted by Crippen LogP contribution is -2.20. The standard InChI is InChI=1S/C22H34O2/c1-3-4-5-6-7-17(2)16-18-8-10-19(11-9-18)20-12-14-21(15-13-20)22(23)24/h8-11,17,20-21H,3-7,12-16H2,1-2H3,(H,23,24)/t17-,20?,21?/m0/s1. The molecule has 1 atom stereocenters. The molecule has 1 fully saturated rings. The molecule has 134 valence electrons. The van der Waals surface area contributed by atoms with Gasteiger partial charge in [-0.15, -0.1) is 0 Å². The predicted octanol–water partition coefficient (Wildman–Crippen LogP) is 6.19. The van der Waals surface area contributed by atoms with Gasteiger partial charge in [-0.3, -0.25) is 4.79 Å². The molecule has 1 aromatic carbocycles. The molecule has 0 aromatic heterocycles. The summed E-state index contributed by atoms with van der Waals surface area (Å²) in [6.07, 6.45) is 11.6. The monoisotopic (exact) mass is 330 g/mol. The van der Waals surface area contributed by atoms with E-state index in [9.17, 15) is 4.79 Å². The number of hydrogen-bond acceptors (Lipinski definition) is 1. The zero-order chi connectivity index (χ0) is 17.4. The van der Waals surface area contributed by atoms with Gasteiger partial charge >= 0.3 is 5.97 Å². The molecule has 0 radical (unpaired) electrons. The van der Waals surface area contributed by atoms with E-state index in [2.05, 4.69) is 38.1 Å². The molecule has 24 heavy (non-hydrogen) atoms. The van der Waals surface area contributed by atoms with E-state index in [0.717, 1.165) is 31.6 Å². The van der Waals surface area contributed by atoms with Crippen LogP contribution in [0.4, 0.5) is 0 Å². The van der Waals surface area contributed by atoms with E-state index in [4.69, 9.17) is 5.11 Å². The van der Waals surface area contributed by atoms with Crippen molar-refractivity contribution < 1.29 is 9.90 Å². The number of rotatable bonds is 9. The van der Waals surface area contributed by atoms with Crippen LogP contribution in [0.2, 0.25) is 0 Å². The summed E-state index contributed by atoms with van der Waals surface area (Å²) in [6, 6.07) is 9.15. The third kappa shape index (κ3) is 5.96. The summed E-state index contributed by atoms with van der Waals surface area (Å²) in [5.74, 6) is 0.589. The van der Waals surface area contributed by atoms with Crippen molar-refractivity contribution in [2.45, 2.75) is 84.0 Å². The van der Waals surface area contributed by atoms with E-state index in [-0.39, 0.29) is 5.92 Å². The van der Waals surface area contributed by atoms with Gasteiger partial charge in [-0.2, -0.15) is 0 Å². The van der Waals surface area contributed by atoms with Crippen LogP contribution in [0, 0.1) is 11.8 Å². The number of carboxylic acid groups (broad SMARTS) is 1. The molecular weight excluding hydrogens is 296 g/mol. The van der Waals surface area contributed by atoms with Crippen LogP contribution in [0.5, 0.6) is 0 Å². The summed E-state index contributed by atoms with van der Waals surface area (Å²) in [6.45, 7) is 4.63. The fourth-order valence-corrected chi connectivity index (χ4v) is 4.02. The van der Waals surface area contributed by atoms with Crippen LogP contribution in [-0.4, -0.2) is 11.1 Å². The van der Waals surface area contributed by atoms with Gasteiger partial charge in [0, 0.05) is 0 Å². The third-order valence-corrected chi connectivity index (χ3v) is 5.66.